The minimum absolute atomic E-state index is 0.000900. The highest BCUT2D eigenvalue weighted by atomic mass is 32.1. The van der Waals surface area contributed by atoms with Gasteiger partial charge in [0.25, 0.3) is 5.91 Å². The molecule has 1 amide bonds. The number of carbonyl (C=O) groups excluding carboxylic acids is 1. The van der Waals surface area contributed by atoms with Crippen molar-refractivity contribution in [2.24, 2.45) is 0 Å². The van der Waals surface area contributed by atoms with Crippen LogP contribution in [-0.2, 0) is 4.74 Å². The molecule has 2 rings (SSSR count). The number of amides is 1. The summed E-state index contributed by atoms with van der Waals surface area (Å²) < 4.78 is 19.1. The van der Waals surface area contributed by atoms with Crippen molar-refractivity contribution in [3.05, 3.63) is 29.6 Å². The largest absolute Gasteiger partial charge is 0.394 e. The highest BCUT2D eigenvalue weighted by Gasteiger charge is 2.25. The number of likely N-dealkylation sites (tertiary alicyclic amines) is 1. The van der Waals surface area contributed by atoms with Crippen LogP contribution in [0.2, 0.25) is 0 Å². The van der Waals surface area contributed by atoms with E-state index in [9.17, 15) is 9.18 Å². The Bertz CT molecular complexity index is 475. The van der Waals surface area contributed by atoms with E-state index in [-0.39, 0.29) is 24.2 Å². The Morgan fingerprint density at radius 3 is 2.80 bits per heavy atom. The normalized spacial score (nSPS) is 16.4. The molecule has 0 spiro atoms. The third kappa shape index (κ3) is 3.71. The van der Waals surface area contributed by atoms with E-state index in [2.05, 4.69) is 12.6 Å². The Labute approximate surface area is 122 Å². The fourth-order valence-corrected chi connectivity index (χ4v) is 2.50. The summed E-state index contributed by atoms with van der Waals surface area (Å²) in [6.45, 7) is 1.38. The third-order valence-corrected chi connectivity index (χ3v) is 3.63. The van der Waals surface area contributed by atoms with Gasteiger partial charge >= 0.3 is 0 Å². The summed E-state index contributed by atoms with van der Waals surface area (Å²) >= 11 is 4.13. The Morgan fingerprint density at radius 1 is 1.45 bits per heavy atom. The van der Waals surface area contributed by atoms with E-state index in [1.807, 2.05) is 0 Å². The van der Waals surface area contributed by atoms with Gasteiger partial charge in [-0.15, -0.1) is 12.6 Å². The molecule has 0 saturated carbocycles. The van der Waals surface area contributed by atoms with E-state index in [1.165, 1.54) is 18.2 Å². The summed E-state index contributed by atoms with van der Waals surface area (Å²) in [5, 5.41) is 8.70. The van der Waals surface area contributed by atoms with Crippen molar-refractivity contribution in [1.29, 1.82) is 0 Å². The molecule has 1 aliphatic heterocycles. The zero-order valence-corrected chi connectivity index (χ0v) is 12.0. The number of piperidine rings is 1. The van der Waals surface area contributed by atoms with Gasteiger partial charge in [0.15, 0.2) is 0 Å². The number of rotatable bonds is 4. The maximum Gasteiger partial charge on any atom is 0.256 e. The average Bonchev–Trinajstić information content (AvgIpc) is 2.47. The minimum atomic E-state index is -0.522. The van der Waals surface area contributed by atoms with Crippen molar-refractivity contribution in [2.45, 2.75) is 23.8 Å². The third-order valence-electron chi connectivity index (χ3n) is 3.35. The van der Waals surface area contributed by atoms with Crippen LogP contribution < -0.4 is 0 Å². The minimum Gasteiger partial charge on any atom is -0.394 e. The average molecular weight is 299 g/mol. The van der Waals surface area contributed by atoms with Crippen LogP contribution in [0.3, 0.4) is 0 Å². The summed E-state index contributed by atoms with van der Waals surface area (Å²) in [6.07, 6.45) is 1.47. The monoisotopic (exact) mass is 299 g/mol. The second kappa shape index (κ2) is 7.06. The van der Waals surface area contributed by atoms with Gasteiger partial charge in [-0.3, -0.25) is 4.79 Å². The van der Waals surface area contributed by atoms with Crippen LogP contribution in [-0.4, -0.2) is 48.3 Å². The summed E-state index contributed by atoms with van der Waals surface area (Å²) in [5.41, 5.74) is 0.0622. The van der Waals surface area contributed by atoms with Gasteiger partial charge in [-0.2, -0.15) is 0 Å². The molecule has 0 aromatic heterocycles. The smallest absolute Gasteiger partial charge is 0.256 e. The lowest BCUT2D eigenvalue weighted by atomic mass is 10.1. The Balaban J connectivity index is 1.96. The van der Waals surface area contributed by atoms with Gasteiger partial charge in [-0.25, -0.2) is 4.39 Å². The van der Waals surface area contributed by atoms with Gasteiger partial charge in [0.2, 0.25) is 0 Å². The first-order chi connectivity index (χ1) is 9.61. The summed E-state index contributed by atoms with van der Waals surface area (Å²) in [5.74, 6) is -0.828. The molecule has 20 heavy (non-hydrogen) atoms. The Kier molecular flexibility index (Phi) is 5.39. The number of benzene rings is 1. The first kappa shape index (κ1) is 15.3. The number of halogens is 1. The quantitative estimate of drug-likeness (QED) is 0.833. The van der Waals surface area contributed by atoms with Gasteiger partial charge < -0.3 is 14.7 Å². The van der Waals surface area contributed by atoms with E-state index in [0.29, 0.717) is 37.4 Å². The number of hydrogen-bond donors (Lipinski definition) is 2. The first-order valence-electron chi connectivity index (χ1n) is 6.62. The first-order valence-corrected chi connectivity index (χ1v) is 7.07. The molecule has 1 fully saturated rings. The molecule has 0 bridgehead atoms. The second-order valence-corrected chi connectivity index (χ2v) is 5.27. The van der Waals surface area contributed by atoms with Crippen molar-refractivity contribution in [3.8, 4) is 0 Å². The molecule has 0 atom stereocenters. The van der Waals surface area contributed by atoms with Gasteiger partial charge in [-0.1, -0.05) is 0 Å². The highest BCUT2D eigenvalue weighted by Crippen LogP contribution is 2.19. The second-order valence-electron chi connectivity index (χ2n) is 4.75. The predicted molar refractivity (Wildman–Crippen MR) is 75.6 cm³/mol. The molecule has 6 heteroatoms. The van der Waals surface area contributed by atoms with Crippen molar-refractivity contribution in [2.75, 3.05) is 26.3 Å². The molecule has 1 heterocycles. The van der Waals surface area contributed by atoms with Crippen LogP contribution >= 0.6 is 12.6 Å². The zero-order chi connectivity index (χ0) is 14.5. The molecule has 1 aromatic rings. The summed E-state index contributed by atoms with van der Waals surface area (Å²) in [6, 6.07) is 4.23. The van der Waals surface area contributed by atoms with E-state index < -0.39 is 5.82 Å². The van der Waals surface area contributed by atoms with E-state index in [0.717, 1.165) is 0 Å². The SMILES string of the molecule is O=C(c1cc(S)ccc1F)N1CCC(OCCO)CC1. The lowest BCUT2D eigenvalue weighted by Crippen LogP contribution is -2.41. The number of aliphatic hydroxyl groups excluding tert-OH is 1. The number of nitrogens with zero attached hydrogens (tertiary/aromatic N) is 1. The van der Waals surface area contributed by atoms with Crippen LogP contribution in [0, 0.1) is 5.82 Å². The summed E-state index contributed by atoms with van der Waals surface area (Å²) in [4.78, 5) is 14.5. The molecular weight excluding hydrogens is 281 g/mol. The highest BCUT2D eigenvalue weighted by molar-refractivity contribution is 7.80. The van der Waals surface area contributed by atoms with E-state index in [1.54, 1.807) is 4.90 Å². The van der Waals surface area contributed by atoms with E-state index >= 15 is 0 Å². The van der Waals surface area contributed by atoms with Crippen LogP contribution in [0.1, 0.15) is 23.2 Å². The Hall–Kier alpha value is -1.11. The van der Waals surface area contributed by atoms with Crippen LogP contribution in [0.15, 0.2) is 23.1 Å². The van der Waals surface area contributed by atoms with Crippen molar-refractivity contribution in [1.82, 2.24) is 4.90 Å². The molecular formula is C14H18FNO3S. The summed E-state index contributed by atoms with van der Waals surface area (Å²) in [7, 11) is 0. The zero-order valence-electron chi connectivity index (χ0n) is 11.1. The number of carbonyl (C=O) groups is 1. The maximum absolute atomic E-state index is 13.7. The number of aliphatic hydroxyl groups is 1. The lowest BCUT2D eigenvalue weighted by molar-refractivity contribution is -0.00562. The topological polar surface area (TPSA) is 49.8 Å². The maximum atomic E-state index is 13.7. The van der Waals surface area contributed by atoms with Crippen LogP contribution in [0.5, 0.6) is 0 Å². The Morgan fingerprint density at radius 2 is 2.15 bits per heavy atom. The number of ether oxygens (including phenoxy) is 1. The van der Waals surface area contributed by atoms with Gasteiger partial charge in [-0.05, 0) is 31.0 Å². The van der Waals surface area contributed by atoms with Gasteiger partial charge in [0.05, 0.1) is 24.9 Å². The van der Waals surface area contributed by atoms with Crippen molar-refractivity contribution in [3.63, 3.8) is 0 Å². The molecule has 1 aromatic carbocycles. The molecule has 110 valence electrons. The van der Waals surface area contributed by atoms with E-state index in [4.69, 9.17) is 9.84 Å². The predicted octanol–water partition coefficient (Wildman–Crippen LogP) is 1.73. The fraction of sp³-hybridized carbons (Fsp3) is 0.500. The van der Waals surface area contributed by atoms with Crippen LogP contribution in [0.25, 0.3) is 0 Å². The molecule has 1 saturated heterocycles. The molecule has 1 N–H and O–H groups in total. The standard InChI is InChI=1S/C14H18FNO3S/c15-13-2-1-11(20)9-12(13)14(18)16-5-3-10(4-6-16)19-8-7-17/h1-2,9-10,17,20H,3-8H2. The van der Waals surface area contributed by atoms with Crippen molar-refractivity contribution < 1.29 is 19.0 Å². The molecule has 1 aliphatic rings. The van der Waals surface area contributed by atoms with Crippen LogP contribution in [0.4, 0.5) is 4.39 Å². The van der Waals surface area contributed by atoms with Crippen molar-refractivity contribution >= 4 is 18.5 Å². The molecule has 0 aliphatic carbocycles. The van der Waals surface area contributed by atoms with Gasteiger partial charge in [0, 0.05) is 18.0 Å². The number of hydrogen-bond acceptors (Lipinski definition) is 4. The number of thiol groups is 1. The lowest BCUT2D eigenvalue weighted by Gasteiger charge is -2.32. The molecule has 0 unspecified atom stereocenters. The fourth-order valence-electron chi connectivity index (χ4n) is 2.29. The van der Waals surface area contributed by atoms with Gasteiger partial charge in [0.1, 0.15) is 5.82 Å². The molecule has 4 nitrogen and oxygen atoms in total. The molecule has 0 radical (unpaired) electrons.